The van der Waals surface area contributed by atoms with Crippen LogP contribution in [0.5, 0.6) is 0 Å². The minimum absolute atomic E-state index is 0.0880. The second-order valence-corrected chi connectivity index (χ2v) is 5.24. The molecule has 0 unspecified atom stereocenters. The third kappa shape index (κ3) is 3.52. The molecule has 4 heteroatoms. The number of nitrogens with zero attached hydrogens (tertiary/aromatic N) is 1. The quantitative estimate of drug-likeness (QED) is 0.732. The molecule has 1 aliphatic rings. The number of carbonyl (C=O) groups excluding carboxylic acids is 1. The highest BCUT2D eigenvalue weighted by Crippen LogP contribution is 2.22. The Morgan fingerprint density at radius 1 is 1.56 bits per heavy atom. The monoisotopic (exact) mass is 227 g/mol. The van der Waals surface area contributed by atoms with Gasteiger partial charge < -0.3 is 14.7 Å². The standard InChI is InChI=1S/C12H21NO3/c1-5-6-9-7-13(8-10(9)14)11(15)16-12(2,3)4/h5,9-10,14H,1,6-8H2,2-4H3/t9-,10-/m1/s1. The third-order valence-electron chi connectivity index (χ3n) is 2.53. The van der Waals surface area contributed by atoms with Gasteiger partial charge in [0.25, 0.3) is 0 Å². The van der Waals surface area contributed by atoms with Crippen LogP contribution in [-0.2, 0) is 4.74 Å². The number of aliphatic hydroxyl groups is 1. The fraction of sp³-hybridized carbons (Fsp3) is 0.750. The molecule has 1 fully saturated rings. The van der Waals surface area contributed by atoms with Crippen LogP contribution in [0.2, 0.25) is 0 Å². The fourth-order valence-corrected chi connectivity index (χ4v) is 1.78. The van der Waals surface area contributed by atoms with Gasteiger partial charge in [-0.1, -0.05) is 6.08 Å². The van der Waals surface area contributed by atoms with Crippen molar-refractivity contribution in [3.63, 3.8) is 0 Å². The van der Waals surface area contributed by atoms with E-state index >= 15 is 0 Å². The summed E-state index contributed by atoms with van der Waals surface area (Å²) in [7, 11) is 0. The third-order valence-corrected chi connectivity index (χ3v) is 2.53. The molecule has 92 valence electrons. The zero-order chi connectivity index (χ0) is 12.3. The van der Waals surface area contributed by atoms with E-state index in [-0.39, 0.29) is 12.0 Å². The van der Waals surface area contributed by atoms with Crippen molar-refractivity contribution in [2.45, 2.75) is 38.9 Å². The topological polar surface area (TPSA) is 49.8 Å². The molecule has 0 spiro atoms. The second-order valence-electron chi connectivity index (χ2n) is 5.24. The molecule has 4 nitrogen and oxygen atoms in total. The summed E-state index contributed by atoms with van der Waals surface area (Å²) in [5.74, 6) is 0.0880. The zero-order valence-electron chi connectivity index (χ0n) is 10.3. The van der Waals surface area contributed by atoms with Gasteiger partial charge >= 0.3 is 6.09 Å². The summed E-state index contributed by atoms with van der Waals surface area (Å²) in [6.45, 7) is 10.0. The minimum Gasteiger partial charge on any atom is -0.444 e. The fourth-order valence-electron chi connectivity index (χ4n) is 1.78. The maximum absolute atomic E-state index is 11.7. The van der Waals surface area contributed by atoms with E-state index in [1.807, 2.05) is 20.8 Å². The number of carbonyl (C=O) groups is 1. The lowest BCUT2D eigenvalue weighted by molar-refractivity contribution is 0.0270. The number of allylic oxidation sites excluding steroid dienone is 1. The molecule has 1 N–H and O–H groups in total. The van der Waals surface area contributed by atoms with Crippen LogP contribution in [0, 0.1) is 5.92 Å². The summed E-state index contributed by atoms with van der Waals surface area (Å²) >= 11 is 0. The normalized spacial score (nSPS) is 25.6. The van der Waals surface area contributed by atoms with E-state index in [1.54, 1.807) is 11.0 Å². The Kier molecular flexibility index (Phi) is 3.97. The van der Waals surface area contributed by atoms with E-state index in [9.17, 15) is 9.90 Å². The molecule has 1 rings (SSSR count). The largest absolute Gasteiger partial charge is 0.444 e. The van der Waals surface area contributed by atoms with Gasteiger partial charge in [0.1, 0.15) is 5.60 Å². The van der Waals surface area contributed by atoms with E-state index < -0.39 is 11.7 Å². The zero-order valence-corrected chi connectivity index (χ0v) is 10.3. The average molecular weight is 227 g/mol. The molecule has 1 amide bonds. The van der Waals surface area contributed by atoms with Crippen molar-refractivity contribution in [1.82, 2.24) is 4.90 Å². The smallest absolute Gasteiger partial charge is 0.410 e. The molecule has 0 aliphatic carbocycles. The van der Waals surface area contributed by atoms with Crippen LogP contribution in [0.15, 0.2) is 12.7 Å². The Morgan fingerprint density at radius 3 is 2.69 bits per heavy atom. The molecule has 1 aliphatic heterocycles. The first-order valence-electron chi connectivity index (χ1n) is 5.60. The number of β-amino-alcohol motifs (C(OH)–C–C–N with tert-alkyl or cyclic N) is 1. The molecule has 0 bridgehead atoms. The van der Waals surface area contributed by atoms with Crippen molar-refractivity contribution >= 4 is 6.09 Å². The predicted octanol–water partition coefficient (Wildman–Crippen LogP) is 1.79. The number of hydrogen-bond acceptors (Lipinski definition) is 3. The number of hydrogen-bond donors (Lipinski definition) is 1. The predicted molar refractivity (Wildman–Crippen MR) is 62.1 cm³/mol. The van der Waals surface area contributed by atoms with E-state index in [2.05, 4.69) is 6.58 Å². The van der Waals surface area contributed by atoms with Crippen molar-refractivity contribution in [2.24, 2.45) is 5.92 Å². The summed E-state index contributed by atoms with van der Waals surface area (Å²) in [6.07, 6.45) is 1.68. The van der Waals surface area contributed by atoms with Crippen molar-refractivity contribution in [3.8, 4) is 0 Å². The lowest BCUT2D eigenvalue weighted by atomic mass is 10.0. The SMILES string of the molecule is C=CC[C@@H]1CN(C(=O)OC(C)(C)C)C[C@H]1O. The average Bonchev–Trinajstić information content (AvgIpc) is 2.46. The van der Waals surface area contributed by atoms with E-state index in [4.69, 9.17) is 4.74 Å². The molecular formula is C12H21NO3. The summed E-state index contributed by atoms with van der Waals surface area (Å²) in [6, 6.07) is 0. The van der Waals surface area contributed by atoms with Crippen LogP contribution in [0.4, 0.5) is 4.79 Å². The van der Waals surface area contributed by atoms with Gasteiger partial charge in [0.05, 0.1) is 12.6 Å². The maximum atomic E-state index is 11.7. The summed E-state index contributed by atoms with van der Waals surface area (Å²) < 4.78 is 5.25. The first-order valence-corrected chi connectivity index (χ1v) is 5.60. The second kappa shape index (κ2) is 4.87. The lowest BCUT2D eigenvalue weighted by Gasteiger charge is -2.24. The van der Waals surface area contributed by atoms with Gasteiger partial charge in [-0.3, -0.25) is 0 Å². The Balaban J connectivity index is 2.51. The van der Waals surface area contributed by atoms with Crippen LogP contribution in [0.25, 0.3) is 0 Å². The maximum Gasteiger partial charge on any atom is 0.410 e. The van der Waals surface area contributed by atoms with Crippen LogP contribution in [-0.4, -0.2) is 40.9 Å². The van der Waals surface area contributed by atoms with Gasteiger partial charge in [-0.15, -0.1) is 6.58 Å². The Hall–Kier alpha value is -1.03. The molecule has 2 atom stereocenters. The highest BCUT2D eigenvalue weighted by Gasteiger charge is 2.35. The van der Waals surface area contributed by atoms with Crippen molar-refractivity contribution < 1.29 is 14.6 Å². The molecule has 16 heavy (non-hydrogen) atoms. The molecule has 0 aromatic heterocycles. The molecule has 0 aromatic carbocycles. The van der Waals surface area contributed by atoms with E-state index in [1.165, 1.54) is 0 Å². The first-order chi connectivity index (χ1) is 7.33. The summed E-state index contributed by atoms with van der Waals surface area (Å²) in [5.41, 5.74) is -0.488. The molecule has 0 aromatic rings. The highest BCUT2D eigenvalue weighted by molar-refractivity contribution is 5.68. The number of amides is 1. The molecule has 1 saturated heterocycles. The Morgan fingerprint density at radius 2 is 2.19 bits per heavy atom. The van der Waals surface area contributed by atoms with Crippen LogP contribution < -0.4 is 0 Å². The van der Waals surface area contributed by atoms with Gasteiger partial charge in [0, 0.05) is 12.5 Å². The van der Waals surface area contributed by atoms with Crippen molar-refractivity contribution in [3.05, 3.63) is 12.7 Å². The Bertz CT molecular complexity index is 270. The molecular weight excluding hydrogens is 206 g/mol. The number of ether oxygens (including phenoxy) is 1. The lowest BCUT2D eigenvalue weighted by Crippen LogP contribution is -2.35. The van der Waals surface area contributed by atoms with Gasteiger partial charge in [0.15, 0.2) is 0 Å². The molecule has 0 radical (unpaired) electrons. The Labute approximate surface area is 96.9 Å². The number of rotatable bonds is 2. The van der Waals surface area contributed by atoms with Crippen LogP contribution >= 0.6 is 0 Å². The van der Waals surface area contributed by atoms with Gasteiger partial charge in [0.2, 0.25) is 0 Å². The van der Waals surface area contributed by atoms with E-state index in [0.29, 0.717) is 13.1 Å². The van der Waals surface area contributed by atoms with Gasteiger partial charge in [-0.05, 0) is 27.2 Å². The summed E-state index contributed by atoms with van der Waals surface area (Å²) in [5, 5.41) is 9.74. The van der Waals surface area contributed by atoms with E-state index in [0.717, 1.165) is 6.42 Å². The van der Waals surface area contributed by atoms with Crippen molar-refractivity contribution in [2.75, 3.05) is 13.1 Å². The van der Waals surface area contributed by atoms with Gasteiger partial charge in [-0.2, -0.15) is 0 Å². The van der Waals surface area contributed by atoms with Crippen LogP contribution in [0.1, 0.15) is 27.2 Å². The summed E-state index contributed by atoms with van der Waals surface area (Å²) in [4.78, 5) is 13.3. The number of likely N-dealkylation sites (tertiary alicyclic amines) is 1. The highest BCUT2D eigenvalue weighted by atomic mass is 16.6. The molecule has 0 saturated carbocycles. The minimum atomic E-state index is -0.488. The van der Waals surface area contributed by atoms with Crippen LogP contribution in [0.3, 0.4) is 0 Å². The first kappa shape index (κ1) is 13.0. The number of aliphatic hydroxyl groups excluding tert-OH is 1. The van der Waals surface area contributed by atoms with Crippen molar-refractivity contribution in [1.29, 1.82) is 0 Å². The molecule has 1 heterocycles. The van der Waals surface area contributed by atoms with Gasteiger partial charge in [-0.25, -0.2) is 4.79 Å².